The Kier molecular flexibility index (Phi) is 7.41. The number of hydrogen-bond donors (Lipinski definition) is 2. The maximum atomic E-state index is 13.6. The lowest BCUT2D eigenvalue weighted by atomic mass is 10.0. The molecule has 0 radical (unpaired) electrons. The fourth-order valence-corrected chi connectivity index (χ4v) is 1.44. The Morgan fingerprint density at radius 1 is 1.20 bits per heavy atom. The van der Waals surface area contributed by atoms with Crippen LogP contribution in [0.5, 0.6) is 0 Å². The third-order valence-corrected chi connectivity index (χ3v) is 3.07. The number of rotatable bonds is 7. The molecule has 0 aromatic rings. The van der Waals surface area contributed by atoms with Gasteiger partial charge in [0.15, 0.2) is 0 Å². The van der Waals surface area contributed by atoms with Crippen molar-refractivity contribution in [2.24, 2.45) is 5.92 Å². The molecule has 0 bridgehead atoms. The predicted octanol–water partition coefficient (Wildman–Crippen LogP) is 3.17. The van der Waals surface area contributed by atoms with Gasteiger partial charge < -0.3 is 15.4 Å². The van der Waals surface area contributed by atoms with Crippen molar-refractivity contribution in [2.45, 2.75) is 65.5 Å². The first-order valence-corrected chi connectivity index (χ1v) is 7.05. The van der Waals surface area contributed by atoms with Crippen LogP contribution in [0.25, 0.3) is 0 Å². The SMILES string of the molecule is CCC(C)C(C)NCC(F)(F)CNC(=O)OC(C)(C)C. The number of alkyl carbamates (subject to hydrolysis) is 1. The Morgan fingerprint density at radius 3 is 2.20 bits per heavy atom. The zero-order valence-corrected chi connectivity index (χ0v) is 13.3. The second-order valence-corrected chi connectivity index (χ2v) is 6.27. The molecule has 0 saturated heterocycles. The monoisotopic (exact) mass is 294 g/mol. The van der Waals surface area contributed by atoms with Crippen LogP contribution in [-0.2, 0) is 4.74 Å². The lowest BCUT2D eigenvalue weighted by molar-refractivity contribution is -0.00637. The van der Waals surface area contributed by atoms with Gasteiger partial charge in [-0.1, -0.05) is 20.3 Å². The molecule has 0 rings (SSSR count). The highest BCUT2D eigenvalue weighted by Crippen LogP contribution is 2.14. The molecule has 20 heavy (non-hydrogen) atoms. The number of alkyl halides is 2. The molecular formula is C14H28F2N2O2. The maximum absolute atomic E-state index is 13.6. The highest BCUT2D eigenvalue weighted by atomic mass is 19.3. The van der Waals surface area contributed by atoms with Gasteiger partial charge in [0.2, 0.25) is 0 Å². The van der Waals surface area contributed by atoms with Gasteiger partial charge in [-0.05, 0) is 33.6 Å². The van der Waals surface area contributed by atoms with Crippen LogP contribution in [0.4, 0.5) is 13.6 Å². The highest BCUT2D eigenvalue weighted by molar-refractivity contribution is 5.67. The van der Waals surface area contributed by atoms with Crippen molar-refractivity contribution in [3.05, 3.63) is 0 Å². The zero-order chi connectivity index (χ0) is 16.0. The molecule has 0 fully saturated rings. The van der Waals surface area contributed by atoms with Crippen molar-refractivity contribution >= 4 is 6.09 Å². The summed E-state index contributed by atoms with van der Waals surface area (Å²) >= 11 is 0. The number of hydrogen-bond acceptors (Lipinski definition) is 3. The van der Waals surface area contributed by atoms with Crippen LogP contribution in [-0.4, -0.2) is 36.7 Å². The van der Waals surface area contributed by atoms with Gasteiger partial charge >= 0.3 is 6.09 Å². The summed E-state index contributed by atoms with van der Waals surface area (Å²) in [5.41, 5.74) is -0.692. The van der Waals surface area contributed by atoms with Crippen LogP contribution in [0.3, 0.4) is 0 Å². The van der Waals surface area contributed by atoms with E-state index in [4.69, 9.17) is 4.74 Å². The quantitative estimate of drug-likeness (QED) is 0.758. The van der Waals surface area contributed by atoms with Crippen molar-refractivity contribution in [3.8, 4) is 0 Å². The van der Waals surface area contributed by atoms with Crippen molar-refractivity contribution < 1.29 is 18.3 Å². The van der Waals surface area contributed by atoms with E-state index in [1.807, 2.05) is 20.8 Å². The number of carbonyl (C=O) groups is 1. The second-order valence-electron chi connectivity index (χ2n) is 6.27. The van der Waals surface area contributed by atoms with Gasteiger partial charge in [0.25, 0.3) is 5.92 Å². The van der Waals surface area contributed by atoms with Gasteiger partial charge in [-0.3, -0.25) is 0 Å². The summed E-state index contributed by atoms with van der Waals surface area (Å²) in [5, 5.41) is 4.90. The molecule has 2 unspecified atom stereocenters. The minimum absolute atomic E-state index is 0.00685. The van der Waals surface area contributed by atoms with E-state index in [0.717, 1.165) is 6.42 Å². The third kappa shape index (κ3) is 9.07. The molecule has 120 valence electrons. The Hall–Kier alpha value is -0.910. The molecule has 6 heteroatoms. The first kappa shape index (κ1) is 19.1. The lowest BCUT2D eigenvalue weighted by Gasteiger charge is -2.25. The van der Waals surface area contributed by atoms with Crippen molar-refractivity contribution in [3.63, 3.8) is 0 Å². The summed E-state index contributed by atoms with van der Waals surface area (Å²) in [4.78, 5) is 11.3. The number of carbonyl (C=O) groups excluding carboxylic acids is 1. The predicted molar refractivity (Wildman–Crippen MR) is 76.1 cm³/mol. The minimum Gasteiger partial charge on any atom is -0.444 e. The van der Waals surface area contributed by atoms with Gasteiger partial charge in [-0.25, -0.2) is 13.6 Å². The van der Waals surface area contributed by atoms with Crippen molar-refractivity contribution in [1.29, 1.82) is 0 Å². The minimum atomic E-state index is -3.00. The summed E-state index contributed by atoms with van der Waals surface area (Å²) in [7, 11) is 0. The number of nitrogens with one attached hydrogen (secondary N) is 2. The van der Waals surface area contributed by atoms with E-state index in [-0.39, 0.29) is 6.04 Å². The van der Waals surface area contributed by atoms with E-state index >= 15 is 0 Å². The molecule has 0 aliphatic heterocycles. The van der Waals surface area contributed by atoms with E-state index in [0.29, 0.717) is 5.92 Å². The first-order valence-electron chi connectivity index (χ1n) is 7.05. The van der Waals surface area contributed by atoms with Crippen LogP contribution >= 0.6 is 0 Å². The van der Waals surface area contributed by atoms with E-state index in [2.05, 4.69) is 10.6 Å². The van der Waals surface area contributed by atoms with E-state index in [1.54, 1.807) is 20.8 Å². The summed E-state index contributed by atoms with van der Waals surface area (Å²) in [6.07, 6.45) is 0.0998. The van der Waals surface area contributed by atoms with Crippen LogP contribution in [0.15, 0.2) is 0 Å². The average Bonchev–Trinajstić information content (AvgIpc) is 2.30. The normalized spacial score (nSPS) is 15.6. The van der Waals surface area contributed by atoms with Gasteiger partial charge in [0.05, 0.1) is 13.1 Å². The maximum Gasteiger partial charge on any atom is 0.407 e. The summed E-state index contributed by atoms with van der Waals surface area (Å²) < 4.78 is 32.1. The molecule has 1 amide bonds. The van der Waals surface area contributed by atoms with E-state index < -0.39 is 30.7 Å². The third-order valence-electron chi connectivity index (χ3n) is 3.07. The lowest BCUT2D eigenvalue weighted by Crippen LogP contribution is -2.47. The van der Waals surface area contributed by atoms with Gasteiger partial charge in [-0.2, -0.15) is 0 Å². The molecule has 2 atom stereocenters. The summed E-state index contributed by atoms with van der Waals surface area (Å²) in [6.45, 7) is 9.75. The Bertz CT molecular complexity index is 304. The van der Waals surface area contributed by atoms with Crippen molar-refractivity contribution in [1.82, 2.24) is 10.6 Å². The van der Waals surface area contributed by atoms with Gasteiger partial charge in [-0.15, -0.1) is 0 Å². The molecule has 0 saturated carbocycles. The molecule has 0 aromatic carbocycles. The molecule has 0 aliphatic carbocycles. The van der Waals surface area contributed by atoms with Gasteiger partial charge in [0, 0.05) is 6.04 Å². The first-order chi connectivity index (χ1) is 8.97. The number of ether oxygens (including phenoxy) is 1. The highest BCUT2D eigenvalue weighted by Gasteiger charge is 2.31. The van der Waals surface area contributed by atoms with E-state index in [9.17, 15) is 13.6 Å². The molecular weight excluding hydrogens is 266 g/mol. The molecule has 0 aliphatic rings. The van der Waals surface area contributed by atoms with Crippen molar-refractivity contribution in [2.75, 3.05) is 13.1 Å². The Balaban J connectivity index is 4.10. The molecule has 4 nitrogen and oxygen atoms in total. The fourth-order valence-electron chi connectivity index (χ4n) is 1.44. The standard InChI is InChI=1S/C14H28F2N2O2/c1-7-10(2)11(3)17-8-14(15,16)9-18-12(19)20-13(4,5)6/h10-11,17H,7-9H2,1-6H3,(H,18,19). The largest absolute Gasteiger partial charge is 0.444 e. The van der Waals surface area contributed by atoms with Crippen LogP contribution in [0.1, 0.15) is 48.0 Å². The molecule has 0 aromatic heterocycles. The average molecular weight is 294 g/mol. The van der Waals surface area contributed by atoms with Crippen LogP contribution in [0, 0.1) is 5.92 Å². The smallest absolute Gasteiger partial charge is 0.407 e. The number of halogens is 2. The fraction of sp³-hybridized carbons (Fsp3) is 0.929. The second kappa shape index (κ2) is 7.76. The Morgan fingerprint density at radius 2 is 1.75 bits per heavy atom. The summed E-state index contributed by atoms with van der Waals surface area (Å²) in [6, 6.07) is 0.00685. The molecule has 2 N–H and O–H groups in total. The number of amides is 1. The van der Waals surface area contributed by atoms with E-state index in [1.165, 1.54) is 0 Å². The Labute approximate surface area is 120 Å². The van der Waals surface area contributed by atoms with Crippen LogP contribution < -0.4 is 10.6 Å². The molecule has 0 spiro atoms. The topological polar surface area (TPSA) is 50.4 Å². The molecule has 0 heterocycles. The summed E-state index contributed by atoms with van der Waals surface area (Å²) in [5.74, 6) is -2.68. The zero-order valence-electron chi connectivity index (χ0n) is 13.3. The van der Waals surface area contributed by atoms with Gasteiger partial charge in [0.1, 0.15) is 5.60 Å². The van der Waals surface area contributed by atoms with Crippen LogP contribution in [0.2, 0.25) is 0 Å².